The molecule has 0 aromatic rings. The highest BCUT2D eigenvalue weighted by Gasteiger charge is 1.94. The molecule has 52 valence electrons. The van der Waals surface area contributed by atoms with Crippen LogP contribution in [-0.4, -0.2) is 24.3 Å². The first-order valence-corrected chi connectivity index (χ1v) is 2.69. The van der Waals surface area contributed by atoms with E-state index in [-0.39, 0.29) is 6.61 Å². The summed E-state index contributed by atoms with van der Waals surface area (Å²) in [5, 5.41) is 8.14. The monoisotopic (exact) mass is 130 g/mol. The van der Waals surface area contributed by atoms with Crippen molar-refractivity contribution in [2.45, 2.75) is 6.92 Å². The number of carbonyl (C=O) groups excluding carboxylic acids is 1. The minimum Gasteiger partial charge on any atom is -0.460 e. The van der Waals surface area contributed by atoms with Gasteiger partial charge in [0.25, 0.3) is 0 Å². The molecular weight excluding hydrogens is 120 g/mol. The standard InChI is InChI=1S/C6H10O3/c1-2-3-4-9-6(8)5-7/h2-3,7H,4-5H2,1H3/b3-2-. The molecule has 0 aliphatic carbocycles. The Balaban J connectivity index is 3.17. The fraction of sp³-hybridized carbons (Fsp3) is 0.500. The molecule has 1 N–H and O–H groups in total. The van der Waals surface area contributed by atoms with Crippen LogP contribution in [0.1, 0.15) is 6.92 Å². The summed E-state index contributed by atoms with van der Waals surface area (Å²) < 4.78 is 4.46. The van der Waals surface area contributed by atoms with Crippen LogP contribution in [0.5, 0.6) is 0 Å². The van der Waals surface area contributed by atoms with Crippen LogP contribution in [0.15, 0.2) is 12.2 Å². The Hall–Kier alpha value is -0.830. The van der Waals surface area contributed by atoms with Crippen LogP contribution in [0.4, 0.5) is 0 Å². The second-order valence-electron chi connectivity index (χ2n) is 1.41. The van der Waals surface area contributed by atoms with Crippen LogP contribution in [0.3, 0.4) is 0 Å². The van der Waals surface area contributed by atoms with Gasteiger partial charge in [-0.2, -0.15) is 0 Å². The van der Waals surface area contributed by atoms with Crippen molar-refractivity contribution >= 4 is 5.97 Å². The van der Waals surface area contributed by atoms with Crippen molar-refractivity contribution in [1.82, 2.24) is 0 Å². The Morgan fingerprint density at radius 3 is 2.89 bits per heavy atom. The summed E-state index contributed by atoms with van der Waals surface area (Å²) in [6.07, 6.45) is 3.46. The van der Waals surface area contributed by atoms with Crippen molar-refractivity contribution in [3.05, 3.63) is 12.2 Å². The lowest BCUT2D eigenvalue weighted by Crippen LogP contribution is -2.08. The molecule has 0 aromatic carbocycles. The lowest BCUT2D eigenvalue weighted by molar-refractivity contribution is -0.145. The molecule has 0 fully saturated rings. The first kappa shape index (κ1) is 8.17. The molecule has 3 heteroatoms. The fourth-order valence-electron chi connectivity index (χ4n) is 0.283. The van der Waals surface area contributed by atoms with E-state index in [1.165, 1.54) is 0 Å². The zero-order chi connectivity index (χ0) is 7.11. The van der Waals surface area contributed by atoms with Gasteiger partial charge in [0.1, 0.15) is 13.2 Å². The van der Waals surface area contributed by atoms with E-state index >= 15 is 0 Å². The molecule has 0 aromatic heterocycles. The second kappa shape index (κ2) is 5.31. The third-order valence-corrected chi connectivity index (χ3v) is 0.705. The van der Waals surface area contributed by atoms with E-state index < -0.39 is 12.6 Å². The fourth-order valence-corrected chi connectivity index (χ4v) is 0.283. The molecule has 0 saturated carbocycles. The Labute approximate surface area is 53.9 Å². The van der Waals surface area contributed by atoms with Crippen LogP contribution >= 0.6 is 0 Å². The average molecular weight is 130 g/mol. The summed E-state index contributed by atoms with van der Waals surface area (Å²) in [5.74, 6) is -0.590. The van der Waals surface area contributed by atoms with E-state index in [0.29, 0.717) is 0 Å². The van der Waals surface area contributed by atoms with E-state index in [4.69, 9.17) is 5.11 Å². The molecule has 0 aliphatic heterocycles. The number of hydrogen-bond acceptors (Lipinski definition) is 3. The summed E-state index contributed by atoms with van der Waals surface area (Å²) >= 11 is 0. The second-order valence-corrected chi connectivity index (χ2v) is 1.41. The summed E-state index contributed by atoms with van der Waals surface area (Å²) in [4.78, 5) is 10.2. The minimum absolute atomic E-state index is 0.246. The van der Waals surface area contributed by atoms with Gasteiger partial charge in [0.2, 0.25) is 0 Å². The van der Waals surface area contributed by atoms with Crippen LogP contribution in [0.2, 0.25) is 0 Å². The third kappa shape index (κ3) is 5.03. The van der Waals surface area contributed by atoms with Gasteiger partial charge >= 0.3 is 5.97 Å². The number of esters is 1. The molecule has 0 bridgehead atoms. The molecule has 0 spiro atoms. The summed E-state index contributed by atoms with van der Waals surface area (Å²) in [5.41, 5.74) is 0. The van der Waals surface area contributed by atoms with E-state index in [9.17, 15) is 4.79 Å². The van der Waals surface area contributed by atoms with E-state index in [2.05, 4.69) is 4.74 Å². The number of allylic oxidation sites excluding steroid dienone is 1. The SMILES string of the molecule is C/C=C\COC(=O)CO. The smallest absolute Gasteiger partial charge is 0.332 e. The Morgan fingerprint density at radius 2 is 2.44 bits per heavy atom. The van der Waals surface area contributed by atoms with Crippen molar-refractivity contribution < 1.29 is 14.6 Å². The summed E-state index contributed by atoms with van der Waals surface area (Å²) in [7, 11) is 0. The number of aliphatic hydroxyl groups is 1. The Kier molecular flexibility index (Phi) is 4.82. The predicted molar refractivity (Wildman–Crippen MR) is 32.9 cm³/mol. The first-order valence-electron chi connectivity index (χ1n) is 2.69. The van der Waals surface area contributed by atoms with Gasteiger partial charge in [-0.05, 0) is 6.92 Å². The van der Waals surface area contributed by atoms with Gasteiger partial charge in [-0.1, -0.05) is 12.2 Å². The molecule has 0 saturated heterocycles. The number of carbonyl (C=O) groups is 1. The highest BCUT2D eigenvalue weighted by Crippen LogP contribution is 1.77. The molecule has 0 atom stereocenters. The molecule has 0 aliphatic rings. The van der Waals surface area contributed by atoms with Gasteiger partial charge < -0.3 is 9.84 Å². The zero-order valence-corrected chi connectivity index (χ0v) is 5.33. The van der Waals surface area contributed by atoms with Gasteiger partial charge in [-0.15, -0.1) is 0 Å². The maximum atomic E-state index is 10.2. The minimum atomic E-state index is -0.590. The van der Waals surface area contributed by atoms with E-state index in [1.807, 2.05) is 6.92 Å². The summed E-state index contributed by atoms with van der Waals surface area (Å²) in [6, 6.07) is 0. The van der Waals surface area contributed by atoms with Crippen molar-refractivity contribution in [3.8, 4) is 0 Å². The molecule has 3 nitrogen and oxygen atoms in total. The van der Waals surface area contributed by atoms with Gasteiger partial charge in [-0.25, -0.2) is 4.79 Å². The normalized spacial score (nSPS) is 10.0. The zero-order valence-electron chi connectivity index (χ0n) is 5.33. The average Bonchev–Trinajstić information content (AvgIpc) is 1.89. The van der Waals surface area contributed by atoms with Crippen LogP contribution in [-0.2, 0) is 9.53 Å². The summed E-state index contributed by atoms with van der Waals surface area (Å²) in [6.45, 7) is 1.53. The van der Waals surface area contributed by atoms with Crippen molar-refractivity contribution in [2.75, 3.05) is 13.2 Å². The molecule has 0 radical (unpaired) electrons. The van der Waals surface area contributed by atoms with E-state index in [0.717, 1.165) is 0 Å². The number of rotatable bonds is 3. The quantitative estimate of drug-likeness (QED) is 0.435. The first-order chi connectivity index (χ1) is 4.31. The maximum Gasteiger partial charge on any atom is 0.332 e. The topological polar surface area (TPSA) is 46.5 Å². The highest BCUT2D eigenvalue weighted by atomic mass is 16.5. The van der Waals surface area contributed by atoms with Gasteiger partial charge in [-0.3, -0.25) is 0 Å². The number of aliphatic hydroxyl groups excluding tert-OH is 1. The van der Waals surface area contributed by atoms with Gasteiger partial charge in [0.15, 0.2) is 0 Å². The van der Waals surface area contributed by atoms with Gasteiger partial charge in [0, 0.05) is 0 Å². The Bertz CT molecular complexity index is 107. The van der Waals surface area contributed by atoms with Gasteiger partial charge in [0.05, 0.1) is 0 Å². The molecule has 0 unspecified atom stereocenters. The molecule has 0 amide bonds. The number of hydrogen-bond donors (Lipinski definition) is 1. The lowest BCUT2D eigenvalue weighted by Gasteiger charge is -1.95. The van der Waals surface area contributed by atoms with E-state index in [1.54, 1.807) is 12.2 Å². The lowest BCUT2D eigenvalue weighted by atomic mass is 10.5. The van der Waals surface area contributed by atoms with Crippen molar-refractivity contribution in [1.29, 1.82) is 0 Å². The third-order valence-electron chi connectivity index (χ3n) is 0.705. The molecule has 0 rings (SSSR count). The highest BCUT2D eigenvalue weighted by molar-refractivity contribution is 5.70. The number of ether oxygens (including phenoxy) is 1. The molecule has 0 heterocycles. The Morgan fingerprint density at radius 1 is 1.78 bits per heavy atom. The van der Waals surface area contributed by atoms with Crippen molar-refractivity contribution in [2.24, 2.45) is 0 Å². The van der Waals surface area contributed by atoms with Crippen LogP contribution < -0.4 is 0 Å². The predicted octanol–water partition coefficient (Wildman–Crippen LogP) is 0.0980. The maximum absolute atomic E-state index is 10.2. The molecular formula is C6H10O3. The largest absolute Gasteiger partial charge is 0.460 e. The molecule has 9 heavy (non-hydrogen) atoms. The van der Waals surface area contributed by atoms with Crippen molar-refractivity contribution in [3.63, 3.8) is 0 Å². The van der Waals surface area contributed by atoms with Crippen LogP contribution in [0.25, 0.3) is 0 Å². The van der Waals surface area contributed by atoms with Crippen LogP contribution in [0, 0.1) is 0 Å².